The number of halogens is 1. The monoisotopic (exact) mass is 502 g/mol. The van der Waals surface area contributed by atoms with E-state index in [0.717, 1.165) is 9.21 Å². The molecule has 0 N–H and O–H groups in total. The molecule has 0 radical (unpaired) electrons. The van der Waals surface area contributed by atoms with Gasteiger partial charge < -0.3 is 4.74 Å². The first-order valence-electron chi connectivity index (χ1n) is 10.8. The quantitative estimate of drug-likeness (QED) is 0.531. The summed E-state index contributed by atoms with van der Waals surface area (Å²) >= 11 is 5.93. The van der Waals surface area contributed by atoms with Crippen LogP contribution in [0, 0.1) is 11.3 Å². The number of morpholine rings is 1. The van der Waals surface area contributed by atoms with E-state index in [1.807, 2.05) is 6.07 Å². The first-order valence-corrected chi connectivity index (χ1v) is 12.6. The highest BCUT2D eigenvalue weighted by molar-refractivity contribution is 7.89. The van der Waals surface area contributed by atoms with Gasteiger partial charge in [0.1, 0.15) is 6.04 Å². The molecule has 178 valence electrons. The zero-order chi connectivity index (χ0) is 24.3. The van der Waals surface area contributed by atoms with Gasteiger partial charge in [0.15, 0.2) is 0 Å². The van der Waals surface area contributed by atoms with E-state index >= 15 is 0 Å². The molecule has 0 spiro atoms. The minimum absolute atomic E-state index is 0.00375. The highest BCUT2D eigenvalue weighted by Crippen LogP contribution is 2.30. The Morgan fingerprint density at radius 2 is 1.71 bits per heavy atom. The van der Waals surface area contributed by atoms with Crippen molar-refractivity contribution in [3.05, 3.63) is 59.1 Å². The summed E-state index contributed by atoms with van der Waals surface area (Å²) < 4.78 is 33.7. The van der Waals surface area contributed by atoms with Gasteiger partial charge in [-0.3, -0.25) is 14.5 Å². The number of sulfonamides is 1. The van der Waals surface area contributed by atoms with Gasteiger partial charge in [-0.2, -0.15) is 9.57 Å². The maximum Gasteiger partial charge on any atom is 0.252 e. The Labute approximate surface area is 203 Å². The van der Waals surface area contributed by atoms with Crippen LogP contribution in [-0.4, -0.2) is 74.9 Å². The predicted octanol–water partition coefficient (Wildman–Crippen LogP) is 1.87. The lowest BCUT2D eigenvalue weighted by molar-refractivity contribution is -0.122. The highest BCUT2D eigenvalue weighted by Gasteiger charge is 2.47. The second-order valence-corrected chi connectivity index (χ2v) is 10.3. The smallest absolute Gasteiger partial charge is 0.252 e. The van der Waals surface area contributed by atoms with Crippen LogP contribution < -0.4 is 4.90 Å². The van der Waals surface area contributed by atoms with Gasteiger partial charge in [0.25, 0.3) is 5.91 Å². The summed E-state index contributed by atoms with van der Waals surface area (Å²) in [7, 11) is -4.10. The number of hydrogen-bond donors (Lipinski definition) is 0. The number of amides is 2. The summed E-state index contributed by atoms with van der Waals surface area (Å²) in [6, 6.07) is 12.5. The summed E-state index contributed by atoms with van der Waals surface area (Å²) in [4.78, 5) is 29.3. The number of ether oxygens (including phenoxy) is 1. The van der Waals surface area contributed by atoms with E-state index in [1.165, 1.54) is 48.5 Å². The molecule has 2 aliphatic rings. The van der Waals surface area contributed by atoms with Crippen LogP contribution in [0.3, 0.4) is 0 Å². The molecule has 0 bridgehead atoms. The largest absolute Gasteiger partial charge is 0.379 e. The van der Waals surface area contributed by atoms with Crippen LogP contribution >= 0.6 is 11.6 Å². The third kappa shape index (κ3) is 4.99. The number of nitriles is 1. The summed E-state index contributed by atoms with van der Waals surface area (Å²) in [6.07, 6.45) is -0.269. The molecule has 9 nitrogen and oxygen atoms in total. The SMILES string of the molecule is N#Cc1ccc(N2C(=O)CC(N(CCN3CCOCC3)S(=O)(=O)c3ccc(Cl)cc3)C2=O)cc1. The summed E-state index contributed by atoms with van der Waals surface area (Å²) in [5, 5.41) is 9.39. The van der Waals surface area contributed by atoms with Gasteiger partial charge >= 0.3 is 0 Å². The fraction of sp³-hybridized carbons (Fsp3) is 0.348. The van der Waals surface area contributed by atoms with E-state index in [4.69, 9.17) is 21.6 Å². The molecule has 1 atom stereocenters. The molecular formula is C23H23ClN4O5S. The van der Waals surface area contributed by atoms with Crippen LogP contribution in [0.1, 0.15) is 12.0 Å². The van der Waals surface area contributed by atoms with Crippen molar-refractivity contribution in [3.8, 4) is 6.07 Å². The first kappa shape index (κ1) is 24.3. The molecule has 1 unspecified atom stereocenters. The third-order valence-corrected chi connectivity index (χ3v) is 8.06. The summed E-state index contributed by atoms with van der Waals surface area (Å²) in [5.41, 5.74) is 0.686. The van der Waals surface area contributed by atoms with Gasteiger partial charge in [-0.1, -0.05) is 11.6 Å². The topological polar surface area (TPSA) is 111 Å². The van der Waals surface area contributed by atoms with E-state index in [2.05, 4.69) is 4.90 Å². The van der Waals surface area contributed by atoms with Gasteiger partial charge in [-0.05, 0) is 48.5 Å². The molecule has 4 rings (SSSR count). The Balaban J connectivity index is 1.64. The number of carbonyl (C=O) groups is 2. The second-order valence-electron chi connectivity index (χ2n) is 7.97. The standard InChI is InChI=1S/C23H23ClN4O5S/c24-18-3-7-20(8-4-18)34(31,32)27(10-9-26-11-13-33-14-12-26)21-15-22(29)28(23(21)30)19-5-1-17(16-25)2-6-19/h1-8,21H,9-15H2. The highest BCUT2D eigenvalue weighted by atomic mass is 35.5. The van der Waals surface area contributed by atoms with E-state index in [-0.39, 0.29) is 17.9 Å². The van der Waals surface area contributed by atoms with Crippen molar-refractivity contribution < 1.29 is 22.7 Å². The zero-order valence-electron chi connectivity index (χ0n) is 18.3. The fourth-order valence-electron chi connectivity index (χ4n) is 4.05. The van der Waals surface area contributed by atoms with Crippen molar-refractivity contribution >= 4 is 39.1 Å². The van der Waals surface area contributed by atoms with Crippen LogP contribution in [0.25, 0.3) is 0 Å². The first-order chi connectivity index (χ1) is 16.3. The number of benzene rings is 2. The van der Waals surface area contributed by atoms with Crippen molar-refractivity contribution in [2.45, 2.75) is 17.4 Å². The molecule has 2 fully saturated rings. The molecule has 0 saturated carbocycles. The average Bonchev–Trinajstić information content (AvgIpc) is 3.13. The molecular weight excluding hydrogens is 480 g/mol. The number of anilines is 1. The van der Waals surface area contributed by atoms with Crippen LogP contribution in [0.2, 0.25) is 5.02 Å². The van der Waals surface area contributed by atoms with Crippen LogP contribution in [0.5, 0.6) is 0 Å². The van der Waals surface area contributed by atoms with Crippen molar-refractivity contribution in [2.75, 3.05) is 44.3 Å². The van der Waals surface area contributed by atoms with Gasteiger partial charge in [0.2, 0.25) is 15.9 Å². The number of carbonyl (C=O) groups excluding carboxylic acids is 2. The number of imide groups is 1. The minimum Gasteiger partial charge on any atom is -0.379 e. The Hall–Kier alpha value is -2.81. The number of rotatable bonds is 7. The lowest BCUT2D eigenvalue weighted by Gasteiger charge is -2.31. The Morgan fingerprint density at radius 3 is 2.32 bits per heavy atom. The fourth-order valence-corrected chi connectivity index (χ4v) is 5.75. The van der Waals surface area contributed by atoms with Crippen LogP contribution in [0.15, 0.2) is 53.4 Å². The average molecular weight is 503 g/mol. The van der Waals surface area contributed by atoms with Gasteiger partial charge in [0.05, 0.1) is 41.9 Å². The number of nitrogens with zero attached hydrogens (tertiary/aromatic N) is 4. The Morgan fingerprint density at radius 1 is 1.06 bits per heavy atom. The molecule has 2 aromatic rings. The molecule has 0 aromatic heterocycles. The molecule has 0 aliphatic carbocycles. The van der Waals surface area contributed by atoms with Crippen molar-refractivity contribution in [1.82, 2.24) is 9.21 Å². The van der Waals surface area contributed by atoms with Gasteiger partial charge in [-0.25, -0.2) is 13.3 Å². The Bertz CT molecular complexity index is 1210. The van der Waals surface area contributed by atoms with E-state index in [1.54, 1.807) is 0 Å². The lowest BCUT2D eigenvalue weighted by Crippen LogP contribution is -2.49. The Kier molecular flexibility index (Phi) is 7.30. The molecule has 2 saturated heterocycles. The molecule has 11 heteroatoms. The maximum atomic E-state index is 13.6. The lowest BCUT2D eigenvalue weighted by atomic mass is 10.2. The van der Waals surface area contributed by atoms with E-state index < -0.39 is 27.9 Å². The zero-order valence-corrected chi connectivity index (χ0v) is 19.8. The molecule has 2 aliphatic heterocycles. The summed E-state index contributed by atoms with van der Waals surface area (Å²) in [5.74, 6) is -1.11. The van der Waals surface area contributed by atoms with Crippen molar-refractivity contribution in [1.29, 1.82) is 5.26 Å². The minimum atomic E-state index is -4.10. The molecule has 34 heavy (non-hydrogen) atoms. The van der Waals surface area contributed by atoms with Gasteiger partial charge in [0, 0.05) is 31.2 Å². The van der Waals surface area contributed by atoms with Crippen LogP contribution in [-0.2, 0) is 24.3 Å². The predicted molar refractivity (Wildman–Crippen MR) is 125 cm³/mol. The normalized spacial score (nSPS) is 19.6. The summed E-state index contributed by atoms with van der Waals surface area (Å²) in [6.45, 7) is 2.85. The van der Waals surface area contributed by atoms with Gasteiger partial charge in [-0.15, -0.1) is 0 Å². The third-order valence-electron chi connectivity index (χ3n) is 5.89. The molecule has 2 heterocycles. The van der Waals surface area contributed by atoms with Crippen molar-refractivity contribution in [2.24, 2.45) is 0 Å². The van der Waals surface area contributed by atoms with E-state index in [9.17, 15) is 18.0 Å². The molecule has 2 aromatic carbocycles. The maximum absolute atomic E-state index is 13.6. The second kappa shape index (κ2) is 10.2. The van der Waals surface area contributed by atoms with Crippen molar-refractivity contribution in [3.63, 3.8) is 0 Å². The number of hydrogen-bond acceptors (Lipinski definition) is 7. The van der Waals surface area contributed by atoms with E-state index in [0.29, 0.717) is 49.1 Å². The molecule has 2 amide bonds. The van der Waals surface area contributed by atoms with Crippen LogP contribution in [0.4, 0.5) is 5.69 Å².